The number of aryl methyl sites for hydroxylation is 2. The van der Waals surface area contributed by atoms with Gasteiger partial charge in [-0.15, -0.1) is 11.0 Å². The van der Waals surface area contributed by atoms with Crippen molar-refractivity contribution in [3.63, 3.8) is 0 Å². The molecular weight excluding hydrogens is 398 g/mol. The van der Waals surface area contributed by atoms with Gasteiger partial charge in [0.2, 0.25) is 5.88 Å². The van der Waals surface area contributed by atoms with E-state index < -0.39 is 0 Å². The van der Waals surface area contributed by atoms with Gasteiger partial charge in [0.1, 0.15) is 13.2 Å². The van der Waals surface area contributed by atoms with E-state index in [1.165, 1.54) is 57.1 Å². The van der Waals surface area contributed by atoms with Crippen LogP contribution in [0.1, 0.15) is 64.0 Å². The Labute approximate surface area is 184 Å². The first-order valence-corrected chi connectivity index (χ1v) is 11.6. The molecule has 0 atom stereocenters. The van der Waals surface area contributed by atoms with Gasteiger partial charge in [0.25, 0.3) is 0 Å². The van der Waals surface area contributed by atoms with Crippen LogP contribution in [0.2, 0.25) is 0 Å². The maximum atomic E-state index is 7.47. The van der Waals surface area contributed by atoms with Gasteiger partial charge in [-0.1, -0.05) is 5.92 Å². The maximum absolute atomic E-state index is 7.47. The number of nitrogens with one attached hydrogen (secondary N) is 1. The average molecular weight is 434 g/mol. The van der Waals surface area contributed by atoms with Gasteiger partial charge in [-0.25, -0.2) is 5.26 Å². The number of rotatable bonds is 8. The summed E-state index contributed by atoms with van der Waals surface area (Å²) in [7, 11) is 0. The van der Waals surface area contributed by atoms with E-state index in [0.29, 0.717) is 5.54 Å². The number of hydrogen-bond acceptors (Lipinski definition) is 7. The number of nitrogens with zero attached hydrogens (tertiary/aromatic N) is 2. The van der Waals surface area contributed by atoms with Crippen molar-refractivity contribution in [3.8, 4) is 17.7 Å². The lowest BCUT2D eigenvalue weighted by Gasteiger charge is -2.57. The summed E-state index contributed by atoms with van der Waals surface area (Å²) in [4.78, 5) is 4.08. The van der Waals surface area contributed by atoms with Crippen molar-refractivity contribution in [2.45, 2.75) is 76.8 Å². The molecule has 0 unspecified atom stereocenters. The first-order chi connectivity index (χ1) is 15.2. The van der Waals surface area contributed by atoms with Crippen LogP contribution in [0.15, 0.2) is 6.07 Å². The molecule has 1 aliphatic heterocycles. The van der Waals surface area contributed by atoms with Crippen molar-refractivity contribution in [3.05, 3.63) is 11.8 Å². The minimum Gasteiger partial charge on any atom is -0.475 e. The summed E-state index contributed by atoms with van der Waals surface area (Å²) >= 11 is 0. The van der Waals surface area contributed by atoms with E-state index in [1.54, 1.807) is 6.92 Å². The summed E-state index contributed by atoms with van der Waals surface area (Å²) in [6, 6.07) is 2.14. The third kappa shape index (κ3) is 5.99. The summed E-state index contributed by atoms with van der Waals surface area (Å²) in [5, 5.41) is 22.6. The Balaban J connectivity index is 0.000000250. The largest absolute Gasteiger partial charge is 0.475 e. The van der Waals surface area contributed by atoms with E-state index in [2.05, 4.69) is 48.0 Å². The quantitative estimate of drug-likeness (QED) is 0.281. The van der Waals surface area contributed by atoms with Gasteiger partial charge in [0, 0.05) is 30.4 Å². The Hall–Kier alpha value is -1.63. The van der Waals surface area contributed by atoms with E-state index in [4.69, 9.17) is 9.99 Å². The zero-order valence-electron chi connectivity index (χ0n) is 18.5. The molecule has 8 heteroatoms. The zero-order valence-corrected chi connectivity index (χ0v) is 18.5. The van der Waals surface area contributed by atoms with Gasteiger partial charge in [-0.2, -0.15) is 4.89 Å². The molecule has 4 saturated carbocycles. The fraction of sp³-hybridized carbons (Fsp3) is 0.783. The monoisotopic (exact) mass is 433 g/mol. The lowest BCUT2D eigenvalue weighted by Crippen LogP contribution is -2.59. The van der Waals surface area contributed by atoms with Crippen molar-refractivity contribution in [1.82, 2.24) is 15.1 Å². The number of ether oxygens (including phenoxy) is 1. The second kappa shape index (κ2) is 10.8. The van der Waals surface area contributed by atoms with Crippen molar-refractivity contribution < 1.29 is 25.0 Å². The van der Waals surface area contributed by atoms with E-state index >= 15 is 0 Å². The highest BCUT2D eigenvalue weighted by Crippen LogP contribution is 2.55. The molecular formula is C23H35N3O5. The van der Waals surface area contributed by atoms with Crippen LogP contribution in [-0.4, -0.2) is 40.3 Å². The molecule has 1 aromatic rings. The zero-order chi connectivity index (χ0) is 21.5. The lowest BCUT2D eigenvalue weighted by molar-refractivity contribution is -0.620. The van der Waals surface area contributed by atoms with E-state index in [-0.39, 0.29) is 6.61 Å². The third-order valence-corrected chi connectivity index (χ3v) is 7.17. The molecule has 5 aliphatic rings. The van der Waals surface area contributed by atoms with E-state index in [1.807, 2.05) is 0 Å². The Morgan fingerprint density at radius 3 is 2.58 bits per heavy atom. The predicted octanol–water partition coefficient (Wildman–Crippen LogP) is 3.52. The van der Waals surface area contributed by atoms with E-state index in [0.717, 1.165) is 49.8 Å². The van der Waals surface area contributed by atoms with Gasteiger partial charge < -0.3 is 10.1 Å². The molecule has 4 bridgehead atoms. The van der Waals surface area contributed by atoms with Crippen molar-refractivity contribution >= 4 is 0 Å². The number of hydrogen-bond donors (Lipinski definition) is 2. The van der Waals surface area contributed by atoms with Crippen molar-refractivity contribution in [2.24, 2.45) is 17.8 Å². The predicted molar refractivity (Wildman–Crippen MR) is 114 cm³/mol. The topological polar surface area (TPSA) is 87.0 Å². The molecule has 0 radical (unpaired) electrons. The SMILES string of the molecule is CC#CCOOOO.c1c(OCCNC23CC4CC(CC(C4)C2)C3)nn2c1CCCC2. The highest BCUT2D eigenvalue weighted by Gasteiger charge is 2.50. The molecule has 0 amide bonds. The molecule has 4 aliphatic carbocycles. The molecule has 0 spiro atoms. The molecule has 8 nitrogen and oxygen atoms in total. The van der Waals surface area contributed by atoms with Crippen molar-refractivity contribution in [1.29, 1.82) is 0 Å². The third-order valence-electron chi connectivity index (χ3n) is 7.17. The van der Waals surface area contributed by atoms with Crippen LogP contribution in [0.5, 0.6) is 5.88 Å². The molecule has 6 rings (SSSR count). The summed E-state index contributed by atoms with van der Waals surface area (Å²) in [6.07, 6.45) is 12.5. The molecule has 2 heterocycles. The van der Waals surface area contributed by atoms with Gasteiger partial charge in [-0.3, -0.25) is 4.68 Å². The van der Waals surface area contributed by atoms with Gasteiger partial charge in [0.05, 0.1) is 0 Å². The standard InChI is InChI=1S/C19H29N3O.C4H6O4/c1-2-5-22-17(3-1)10-18(21-22)23-6-4-20-19-11-14-7-15(12-19)9-16(8-14)13-19;1-2-3-4-6-8-7-5/h10,14-16,20H,1-9,11-13H2;5H,4H2,1H3. The Kier molecular flexibility index (Phi) is 7.86. The van der Waals surface area contributed by atoms with Crippen LogP contribution < -0.4 is 10.1 Å². The normalized spacial score (nSPS) is 30.1. The van der Waals surface area contributed by atoms with Crippen LogP contribution in [0.4, 0.5) is 0 Å². The van der Waals surface area contributed by atoms with Crippen LogP contribution in [0.25, 0.3) is 0 Å². The van der Waals surface area contributed by atoms with Crippen LogP contribution in [0.3, 0.4) is 0 Å². The molecule has 31 heavy (non-hydrogen) atoms. The molecule has 4 fully saturated rings. The van der Waals surface area contributed by atoms with Crippen LogP contribution in [-0.2, 0) is 27.9 Å². The average Bonchev–Trinajstić information content (AvgIpc) is 3.17. The van der Waals surface area contributed by atoms with Gasteiger partial charge >= 0.3 is 0 Å². The summed E-state index contributed by atoms with van der Waals surface area (Å²) in [5.74, 6) is 8.88. The summed E-state index contributed by atoms with van der Waals surface area (Å²) in [6.45, 7) is 4.51. The first-order valence-electron chi connectivity index (χ1n) is 11.6. The van der Waals surface area contributed by atoms with E-state index in [9.17, 15) is 0 Å². The van der Waals surface area contributed by atoms with Gasteiger partial charge in [-0.05, 0) is 92.5 Å². The van der Waals surface area contributed by atoms with Crippen LogP contribution >= 0.6 is 0 Å². The fourth-order valence-corrected chi connectivity index (χ4v) is 6.41. The Bertz CT molecular complexity index is 710. The molecule has 172 valence electrons. The van der Waals surface area contributed by atoms with Crippen LogP contribution in [0, 0.1) is 29.6 Å². The molecule has 1 aromatic heterocycles. The van der Waals surface area contributed by atoms with Gasteiger partial charge in [0.15, 0.2) is 0 Å². The highest BCUT2D eigenvalue weighted by molar-refractivity contribution is 5.17. The molecule has 2 N–H and O–H groups in total. The fourth-order valence-electron chi connectivity index (χ4n) is 6.41. The molecule has 0 saturated heterocycles. The number of fused-ring (bicyclic) bond motifs is 1. The summed E-state index contributed by atoms with van der Waals surface area (Å²) in [5.41, 5.74) is 1.80. The minimum atomic E-state index is 0.0804. The second-order valence-corrected chi connectivity index (χ2v) is 9.46. The maximum Gasteiger partial charge on any atom is 0.233 e. The number of aromatic nitrogens is 2. The lowest BCUT2D eigenvalue weighted by atomic mass is 9.53. The molecule has 0 aromatic carbocycles. The highest BCUT2D eigenvalue weighted by atomic mass is 17.6. The second-order valence-electron chi connectivity index (χ2n) is 9.46. The Morgan fingerprint density at radius 2 is 1.94 bits per heavy atom. The Morgan fingerprint density at radius 1 is 1.19 bits per heavy atom. The first kappa shape index (κ1) is 22.6. The summed E-state index contributed by atoms with van der Waals surface area (Å²) < 4.78 is 8.06. The smallest absolute Gasteiger partial charge is 0.233 e. The minimum absolute atomic E-state index is 0.0804. The van der Waals surface area contributed by atoms with Crippen molar-refractivity contribution in [2.75, 3.05) is 19.8 Å².